The topological polar surface area (TPSA) is 44.4 Å². The third-order valence-electron chi connectivity index (χ3n) is 3.32. The Labute approximate surface area is 117 Å². The Bertz CT molecular complexity index is 462. The van der Waals surface area contributed by atoms with E-state index in [1.807, 2.05) is 0 Å². The molecule has 0 radical (unpaired) electrons. The van der Waals surface area contributed by atoms with Gasteiger partial charge >= 0.3 is 0 Å². The predicted octanol–water partition coefficient (Wildman–Crippen LogP) is 0.990. The second kappa shape index (κ2) is 7.31. The number of amides is 1. The molecule has 1 aromatic rings. The van der Waals surface area contributed by atoms with E-state index in [9.17, 15) is 13.6 Å². The van der Waals surface area contributed by atoms with Gasteiger partial charge in [0.1, 0.15) is 11.6 Å². The van der Waals surface area contributed by atoms with Gasteiger partial charge < -0.3 is 15.5 Å². The lowest BCUT2D eigenvalue weighted by molar-refractivity contribution is 0.0946. The van der Waals surface area contributed by atoms with Gasteiger partial charge in [-0.3, -0.25) is 4.79 Å². The van der Waals surface area contributed by atoms with Crippen molar-refractivity contribution in [2.45, 2.75) is 6.42 Å². The first-order chi connectivity index (χ1) is 9.66. The quantitative estimate of drug-likeness (QED) is 0.792. The molecule has 0 unspecified atom stereocenters. The van der Waals surface area contributed by atoms with Crippen LogP contribution in [0.4, 0.5) is 8.78 Å². The van der Waals surface area contributed by atoms with E-state index in [1.54, 1.807) is 0 Å². The zero-order valence-corrected chi connectivity index (χ0v) is 11.3. The van der Waals surface area contributed by atoms with E-state index < -0.39 is 17.5 Å². The van der Waals surface area contributed by atoms with Gasteiger partial charge in [0.2, 0.25) is 0 Å². The van der Waals surface area contributed by atoms with Gasteiger partial charge in [-0.1, -0.05) is 0 Å². The molecule has 0 bridgehead atoms. The van der Waals surface area contributed by atoms with E-state index in [-0.39, 0.29) is 5.56 Å². The molecule has 2 rings (SSSR count). The van der Waals surface area contributed by atoms with Gasteiger partial charge in [0, 0.05) is 32.7 Å². The first-order valence-corrected chi connectivity index (χ1v) is 6.83. The van der Waals surface area contributed by atoms with E-state index in [1.165, 1.54) is 0 Å². The summed E-state index contributed by atoms with van der Waals surface area (Å²) in [5.41, 5.74) is -0.243. The summed E-state index contributed by atoms with van der Waals surface area (Å²) in [6.45, 7) is 5.34. The molecule has 1 aromatic carbocycles. The van der Waals surface area contributed by atoms with Crippen molar-refractivity contribution in [3.8, 4) is 0 Å². The van der Waals surface area contributed by atoms with Crippen LogP contribution < -0.4 is 10.6 Å². The number of nitrogens with zero attached hydrogens (tertiary/aromatic N) is 1. The molecule has 0 saturated carbocycles. The van der Waals surface area contributed by atoms with Crippen molar-refractivity contribution in [3.63, 3.8) is 0 Å². The number of hydrogen-bond acceptors (Lipinski definition) is 3. The number of carbonyl (C=O) groups excluding carboxylic acids is 1. The van der Waals surface area contributed by atoms with Crippen molar-refractivity contribution in [3.05, 3.63) is 35.4 Å². The molecule has 1 amide bonds. The largest absolute Gasteiger partial charge is 0.352 e. The second-order valence-corrected chi connectivity index (χ2v) is 4.83. The fourth-order valence-electron chi connectivity index (χ4n) is 2.21. The van der Waals surface area contributed by atoms with E-state index in [2.05, 4.69) is 15.5 Å². The Morgan fingerprint density at radius 2 is 2.05 bits per heavy atom. The maximum Gasteiger partial charge on any atom is 0.254 e. The van der Waals surface area contributed by atoms with Gasteiger partial charge in [-0.15, -0.1) is 0 Å². The van der Waals surface area contributed by atoms with Crippen LogP contribution in [-0.2, 0) is 0 Å². The number of hydrogen-bond donors (Lipinski definition) is 2. The van der Waals surface area contributed by atoms with Crippen molar-refractivity contribution in [1.82, 2.24) is 15.5 Å². The van der Waals surface area contributed by atoms with Crippen LogP contribution in [0.2, 0.25) is 0 Å². The summed E-state index contributed by atoms with van der Waals surface area (Å²) in [5.74, 6) is -1.88. The molecule has 20 heavy (non-hydrogen) atoms. The van der Waals surface area contributed by atoms with Crippen LogP contribution in [0.5, 0.6) is 0 Å². The van der Waals surface area contributed by atoms with Crippen LogP contribution in [-0.4, -0.2) is 50.1 Å². The molecule has 4 nitrogen and oxygen atoms in total. The first kappa shape index (κ1) is 14.9. The van der Waals surface area contributed by atoms with E-state index in [0.717, 1.165) is 57.3 Å². The number of halogens is 2. The molecule has 0 spiro atoms. The van der Waals surface area contributed by atoms with Crippen LogP contribution in [0.25, 0.3) is 0 Å². The highest BCUT2D eigenvalue weighted by atomic mass is 19.1. The molecule has 0 aliphatic carbocycles. The first-order valence-electron chi connectivity index (χ1n) is 6.83. The Balaban J connectivity index is 1.73. The molecule has 1 aliphatic rings. The minimum absolute atomic E-state index is 0.243. The average Bonchev–Trinajstić information content (AvgIpc) is 2.47. The van der Waals surface area contributed by atoms with Crippen molar-refractivity contribution in [2.75, 3.05) is 39.3 Å². The smallest absolute Gasteiger partial charge is 0.254 e. The maximum absolute atomic E-state index is 13.4. The summed E-state index contributed by atoms with van der Waals surface area (Å²) in [6.07, 6.45) is 0.794. The predicted molar refractivity (Wildman–Crippen MR) is 72.6 cm³/mol. The van der Waals surface area contributed by atoms with E-state index >= 15 is 0 Å². The van der Waals surface area contributed by atoms with Gasteiger partial charge in [0.05, 0.1) is 5.56 Å². The molecule has 2 N–H and O–H groups in total. The number of carbonyl (C=O) groups is 1. The summed E-state index contributed by atoms with van der Waals surface area (Å²) < 4.78 is 26.4. The Hall–Kier alpha value is -1.53. The highest BCUT2D eigenvalue weighted by Crippen LogP contribution is 2.09. The van der Waals surface area contributed by atoms with Crippen LogP contribution in [0, 0.1) is 11.6 Å². The minimum Gasteiger partial charge on any atom is -0.352 e. The fraction of sp³-hybridized carbons (Fsp3) is 0.500. The molecule has 1 aliphatic heterocycles. The lowest BCUT2D eigenvalue weighted by Gasteiger charge is -2.27. The molecule has 1 fully saturated rings. The molecule has 1 heterocycles. The second-order valence-electron chi connectivity index (χ2n) is 4.83. The summed E-state index contributed by atoms with van der Waals surface area (Å²) >= 11 is 0. The SMILES string of the molecule is O=C(NCCCN1CCNCC1)c1cc(F)ccc1F. The lowest BCUT2D eigenvalue weighted by Crippen LogP contribution is -2.44. The van der Waals surface area contributed by atoms with Crippen molar-refractivity contribution >= 4 is 5.91 Å². The van der Waals surface area contributed by atoms with Crippen molar-refractivity contribution < 1.29 is 13.6 Å². The van der Waals surface area contributed by atoms with Crippen LogP contribution in [0.1, 0.15) is 16.8 Å². The summed E-state index contributed by atoms with van der Waals surface area (Å²) in [7, 11) is 0. The minimum atomic E-state index is -0.703. The van der Waals surface area contributed by atoms with Crippen LogP contribution in [0.15, 0.2) is 18.2 Å². The van der Waals surface area contributed by atoms with Crippen molar-refractivity contribution in [1.29, 1.82) is 0 Å². The fourth-order valence-corrected chi connectivity index (χ4v) is 2.21. The highest BCUT2D eigenvalue weighted by molar-refractivity contribution is 5.94. The number of benzene rings is 1. The maximum atomic E-state index is 13.4. The van der Waals surface area contributed by atoms with Crippen molar-refractivity contribution in [2.24, 2.45) is 0 Å². The molecule has 0 atom stereocenters. The zero-order valence-electron chi connectivity index (χ0n) is 11.3. The standard InChI is InChI=1S/C14H19F2N3O/c15-11-2-3-13(16)12(10-11)14(20)18-4-1-7-19-8-5-17-6-9-19/h2-3,10,17H,1,4-9H2,(H,18,20). The molecule has 110 valence electrons. The molecule has 6 heteroatoms. The number of nitrogens with one attached hydrogen (secondary N) is 2. The molecular weight excluding hydrogens is 264 g/mol. The van der Waals surface area contributed by atoms with Gasteiger partial charge in [0.15, 0.2) is 0 Å². The van der Waals surface area contributed by atoms with Gasteiger partial charge in [-0.2, -0.15) is 0 Å². The van der Waals surface area contributed by atoms with Gasteiger partial charge in [-0.05, 0) is 31.2 Å². The molecular formula is C14H19F2N3O. The lowest BCUT2D eigenvalue weighted by atomic mass is 10.2. The normalized spacial score (nSPS) is 16.1. The third kappa shape index (κ3) is 4.25. The number of rotatable bonds is 5. The summed E-state index contributed by atoms with van der Waals surface area (Å²) in [6, 6.07) is 2.88. The van der Waals surface area contributed by atoms with E-state index in [0.29, 0.717) is 6.54 Å². The van der Waals surface area contributed by atoms with Crippen LogP contribution in [0.3, 0.4) is 0 Å². The van der Waals surface area contributed by atoms with Gasteiger partial charge in [0.25, 0.3) is 5.91 Å². The monoisotopic (exact) mass is 283 g/mol. The molecule has 0 aromatic heterocycles. The average molecular weight is 283 g/mol. The Kier molecular flexibility index (Phi) is 5.43. The zero-order chi connectivity index (χ0) is 14.4. The third-order valence-corrected chi connectivity index (χ3v) is 3.32. The van der Waals surface area contributed by atoms with E-state index in [4.69, 9.17) is 0 Å². The Morgan fingerprint density at radius 3 is 2.80 bits per heavy atom. The Morgan fingerprint density at radius 1 is 1.30 bits per heavy atom. The summed E-state index contributed by atoms with van der Waals surface area (Å²) in [4.78, 5) is 14.0. The summed E-state index contributed by atoms with van der Waals surface area (Å²) in [5, 5.41) is 5.89. The highest BCUT2D eigenvalue weighted by Gasteiger charge is 2.13. The van der Waals surface area contributed by atoms with Crippen LogP contribution >= 0.6 is 0 Å². The molecule has 1 saturated heterocycles. The van der Waals surface area contributed by atoms with Gasteiger partial charge in [-0.25, -0.2) is 8.78 Å². The number of piperazine rings is 1.